The van der Waals surface area contributed by atoms with E-state index < -0.39 is 24.2 Å². The number of amides is 2. The summed E-state index contributed by atoms with van der Waals surface area (Å²) in [5.74, 6) is 1.62. The fraction of sp³-hybridized carbons (Fsp3) is 0.583. The number of hydrogen-bond donors (Lipinski definition) is 4. The molecule has 320 valence electrons. The molecule has 4 saturated carbocycles. The van der Waals surface area contributed by atoms with E-state index in [9.17, 15) is 19.8 Å². The van der Waals surface area contributed by atoms with Crippen LogP contribution in [0.25, 0.3) is 11.1 Å². The van der Waals surface area contributed by atoms with Gasteiger partial charge >= 0.3 is 0 Å². The van der Waals surface area contributed by atoms with Gasteiger partial charge in [0, 0.05) is 61.0 Å². The van der Waals surface area contributed by atoms with Crippen LogP contribution in [0.1, 0.15) is 74.9 Å². The minimum atomic E-state index is -0.899. The maximum absolute atomic E-state index is 14.5. The molecular formula is C48H67N5O6. The summed E-state index contributed by atoms with van der Waals surface area (Å²) in [6.45, 7) is 9.71. The molecule has 2 bridgehead atoms. The van der Waals surface area contributed by atoms with Crippen LogP contribution in [0, 0.1) is 35.0 Å². The lowest BCUT2D eigenvalue weighted by Gasteiger charge is -2.62. The van der Waals surface area contributed by atoms with E-state index in [2.05, 4.69) is 54.5 Å². The number of aliphatic hydroxyl groups excluding tert-OH is 2. The molecule has 3 aromatic carbocycles. The van der Waals surface area contributed by atoms with E-state index >= 15 is 0 Å². The molecule has 5 fully saturated rings. The number of fused-ring (bicyclic) bond motifs is 2. The fourth-order valence-electron chi connectivity index (χ4n) is 10.2. The second-order valence-corrected chi connectivity index (χ2v) is 19.1. The summed E-state index contributed by atoms with van der Waals surface area (Å²) in [5, 5.41) is 29.9. The number of anilines is 1. The first kappa shape index (κ1) is 43.1. The molecule has 59 heavy (non-hydrogen) atoms. The molecule has 2 amide bonds. The molecule has 1 heterocycles. The van der Waals surface area contributed by atoms with E-state index in [1.165, 1.54) is 6.42 Å². The van der Waals surface area contributed by atoms with Crippen molar-refractivity contribution in [1.29, 1.82) is 0 Å². The highest BCUT2D eigenvalue weighted by molar-refractivity contribution is 5.97. The lowest BCUT2D eigenvalue weighted by Crippen LogP contribution is -2.62. The first-order chi connectivity index (χ1) is 28.1. The highest BCUT2D eigenvalue weighted by atomic mass is 16.7. The molecule has 0 radical (unpaired) electrons. The number of rotatable bonds is 17. The quantitative estimate of drug-likeness (QED) is 0.135. The third-order valence-electron chi connectivity index (χ3n) is 13.9. The van der Waals surface area contributed by atoms with Crippen LogP contribution >= 0.6 is 0 Å². The van der Waals surface area contributed by atoms with Crippen molar-refractivity contribution in [2.45, 2.75) is 96.7 Å². The van der Waals surface area contributed by atoms with Gasteiger partial charge in [-0.15, -0.1) is 0 Å². The lowest BCUT2D eigenvalue weighted by atomic mass is 9.45. The summed E-state index contributed by atoms with van der Waals surface area (Å²) >= 11 is 0. The van der Waals surface area contributed by atoms with Gasteiger partial charge in [0.25, 0.3) is 5.91 Å². The Morgan fingerprint density at radius 2 is 1.76 bits per heavy atom. The number of carbonyl (C=O) groups is 2. The highest BCUT2D eigenvalue weighted by Crippen LogP contribution is 2.61. The van der Waals surface area contributed by atoms with Crippen molar-refractivity contribution in [1.82, 2.24) is 20.6 Å². The smallest absolute Gasteiger partial charge is 0.251 e. The van der Waals surface area contributed by atoms with Crippen molar-refractivity contribution >= 4 is 17.5 Å². The largest absolute Gasteiger partial charge is 0.492 e. The van der Waals surface area contributed by atoms with Crippen LogP contribution in [0.5, 0.6) is 5.75 Å². The molecule has 5 aliphatic rings. The molecule has 11 heteroatoms. The second-order valence-electron chi connectivity index (χ2n) is 19.1. The minimum absolute atomic E-state index is 0.0385. The minimum Gasteiger partial charge on any atom is -0.492 e. The first-order valence-corrected chi connectivity index (χ1v) is 21.7. The Labute approximate surface area is 351 Å². The highest BCUT2D eigenvalue weighted by Gasteiger charge is 2.57. The Hall–Kier alpha value is -4.00. The van der Waals surface area contributed by atoms with E-state index in [1.807, 2.05) is 81.6 Å². The summed E-state index contributed by atoms with van der Waals surface area (Å²) in [6, 6.07) is 21.3. The fourth-order valence-corrected chi connectivity index (χ4v) is 10.2. The SMILES string of the molecule is C[C@@H]1[C@@H](NC(=O)[C@@H]2[C@H]([C@H](C)O)[C@H](CO)ON2Cc2cccc(-c3cc(C(=O)N[C@@H](Cc4ccccc4)CN(C)C)cc(N(C)C)c3)c2OCC2CC2)C[C@@H]2C[C@H]1C2(C)C. The third kappa shape index (κ3) is 9.50. The Balaban J connectivity index is 1.20. The molecular weight excluding hydrogens is 743 g/mol. The molecule has 4 N–H and O–H groups in total. The van der Waals surface area contributed by atoms with Gasteiger partial charge in [-0.1, -0.05) is 69.3 Å². The number of carbonyl (C=O) groups excluding carboxylic acids is 2. The van der Waals surface area contributed by atoms with Gasteiger partial charge in [-0.3, -0.25) is 14.4 Å². The second kappa shape index (κ2) is 17.9. The molecule has 0 unspecified atom stereocenters. The predicted molar refractivity (Wildman–Crippen MR) is 232 cm³/mol. The number of nitrogens with zero attached hydrogens (tertiary/aromatic N) is 3. The van der Waals surface area contributed by atoms with Gasteiger partial charge in [0.1, 0.15) is 17.9 Å². The standard InChI is InChI=1S/C48H67N5O6/c1-29-40-23-36(48(40,3)4)24-41(29)50-47(57)44-43(30(2)55)42(27-54)59-53(44)25-33-15-12-16-39(45(33)58-28-32-17-18-32)34-20-35(22-38(21-34)52(7)8)46(56)49-37(26-51(5)6)19-31-13-10-9-11-14-31/h9-16,20-22,29-30,32,36-37,40-44,54-55H,17-19,23-28H2,1-8H3,(H,49,56)(H,50,57)/t29-,30-,36-,37-,40+,41-,42-,43+,44-/m0/s1. The van der Waals surface area contributed by atoms with Crippen molar-refractivity contribution < 1.29 is 29.4 Å². The number of hydroxylamine groups is 2. The van der Waals surface area contributed by atoms with Gasteiger partial charge in [-0.2, -0.15) is 5.06 Å². The number of likely N-dealkylation sites (N-methyl/N-ethyl adjacent to an activating group) is 1. The summed E-state index contributed by atoms with van der Waals surface area (Å²) < 4.78 is 6.73. The Bertz CT molecular complexity index is 1930. The molecule has 0 aromatic heterocycles. The van der Waals surface area contributed by atoms with Crippen LogP contribution in [0.3, 0.4) is 0 Å². The average molecular weight is 810 g/mol. The van der Waals surface area contributed by atoms with Crippen LogP contribution in [-0.2, 0) is 22.6 Å². The molecule has 0 spiro atoms. The lowest BCUT2D eigenvalue weighted by molar-refractivity contribution is -0.183. The molecule has 3 aromatic rings. The monoisotopic (exact) mass is 810 g/mol. The summed E-state index contributed by atoms with van der Waals surface area (Å²) in [4.78, 5) is 39.1. The number of benzene rings is 3. The molecule has 4 aliphatic carbocycles. The molecule has 9 atom stereocenters. The number of nitrogens with one attached hydrogen (secondary N) is 2. The first-order valence-electron chi connectivity index (χ1n) is 21.7. The average Bonchev–Trinajstić information content (AvgIpc) is 3.95. The Morgan fingerprint density at radius 3 is 2.39 bits per heavy atom. The van der Waals surface area contributed by atoms with Crippen molar-refractivity contribution in [3.8, 4) is 16.9 Å². The van der Waals surface area contributed by atoms with Crippen LogP contribution in [0.15, 0.2) is 66.7 Å². The van der Waals surface area contributed by atoms with E-state index in [-0.39, 0.29) is 42.5 Å². The van der Waals surface area contributed by atoms with E-state index in [0.717, 1.165) is 47.2 Å². The third-order valence-corrected chi connectivity index (χ3v) is 13.9. The van der Waals surface area contributed by atoms with E-state index in [1.54, 1.807) is 12.0 Å². The number of ether oxygens (including phenoxy) is 1. The topological polar surface area (TPSA) is 127 Å². The zero-order valence-corrected chi connectivity index (χ0v) is 36.4. The summed E-state index contributed by atoms with van der Waals surface area (Å²) in [6.07, 6.45) is 3.41. The van der Waals surface area contributed by atoms with Crippen LogP contribution in [-0.4, -0.2) is 110 Å². The maximum Gasteiger partial charge on any atom is 0.251 e. The van der Waals surface area contributed by atoms with Gasteiger partial charge in [-0.05, 0) is 112 Å². The van der Waals surface area contributed by atoms with Crippen LogP contribution in [0.2, 0.25) is 0 Å². The molecule has 1 aliphatic heterocycles. The predicted octanol–water partition coefficient (Wildman–Crippen LogP) is 5.77. The van der Waals surface area contributed by atoms with Gasteiger partial charge in [0.05, 0.1) is 25.9 Å². The van der Waals surface area contributed by atoms with Gasteiger partial charge in [0.15, 0.2) is 0 Å². The number of para-hydroxylation sites is 1. The molecule has 1 saturated heterocycles. The Morgan fingerprint density at radius 1 is 1.02 bits per heavy atom. The van der Waals surface area contributed by atoms with Crippen molar-refractivity contribution in [2.24, 2.45) is 35.0 Å². The van der Waals surface area contributed by atoms with Gasteiger partial charge < -0.3 is 35.4 Å². The van der Waals surface area contributed by atoms with Crippen molar-refractivity contribution in [3.63, 3.8) is 0 Å². The normalized spacial score (nSPS) is 27.1. The van der Waals surface area contributed by atoms with Crippen molar-refractivity contribution in [3.05, 3.63) is 83.4 Å². The maximum atomic E-state index is 14.5. The van der Waals surface area contributed by atoms with Gasteiger partial charge in [-0.25, -0.2) is 0 Å². The molecule has 8 rings (SSSR count). The van der Waals surface area contributed by atoms with E-state index in [0.29, 0.717) is 54.6 Å². The number of hydrogen-bond acceptors (Lipinski definition) is 9. The van der Waals surface area contributed by atoms with Crippen LogP contribution < -0.4 is 20.3 Å². The zero-order valence-electron chi connectivity index (χ0n) is 36.4. The molecule has 11 nitrogen and oxygen atoms in total. The summed E-state index contributed by atoms with van der Waals surface area (Å²) in [7, 11) is 7.97. The van der Waals surface area contributed by atoms with Crippen LogP contribution in [0.4, 0.5) is 5.69 Å². The zero-order chi connectivity index (χ0) is 42.2. The van der Waals surface area contributed by atoms with Gasteiger partial charge in [0.2, 0.25) is 5.91 Å². The Kier molecular flexibility index (Phi) is 13.1. The van der Waals surface area contributed by atoms with Crippen molar-refractivity contribution in [2.75, 3.05) is 52.8 Å². The summed E-state index contributed by atoms with van der Waals surface area (Å²) in [5.41, 5.74) is 5.34. The number of aliphatic hydroxyl groups is 2. The van der Waals surface area contributed by atoms with E-state index in [4.69, 9.17) is 9.57 Å².